The Hall–Kier alpha value is -2.75. The monoisotopic (exact) mass is 552 g/mol. The molecular weight excluding hydrogens is 512 g/mol. The number of nitrogens with zero attached hydrogens (tertiary/aromatic N) is 1. The Labute approximate surface area is 234 Å². The minimum absolute atomic E-state index is 0.0624. The molecule has 0 radical (unpaired) electrons. The lowest BCUT2D eigenvalue weighted by atomic mass is 9.41. The first kappa shape index (κ1) is 27.4. The lowest BCUT2D eigenvalue weighted by Crippen LogP contribution is -2.68. The molecule has 40 heavy (non-hydrogen) atoms. The van der Waals surface area contributed by atoms with E-state index in [1.54, 1.807) is 43.7 Å². The molecule has 8 atom stereocenters. The van der Waals surface area contributed by atoms with Crippen LogP contribution in [0.15, 0.2) is 41.0 Å². The van der Waals surface area contributed by atoms with Gasteiger partial charge in [0.1, 0.15) is 12.4 Å². The third-order valence-corrected chi connectivity index (χ3v) is 11.5. The summed E-state index contributed by atoms with van der Waals surface area (Å²) in [5.74, 6) is -0.0815. The Kier molecular flexibility index (Phi) is 6.63. The Morgan fingerprint density at radius 2 is 1.82 bits per heavy atom. The molecule has 1 amide bonds. The van der Waals surface area contributed by atoms with Gasteiger partial charge in [-0.25, -0.2) is 10.2 Å². The standard InChI is InChI=1S/C31H40N2O7/c1-28-11-8-24-25(31(28,38)14-10-23(28)20-15-26(35)40-17-20)9-13-30(37)16-21(34)7-12-29(24,30)18-32-33-27(36)19-3-5-22(39-2)6-4-19/h3-6,15,18,21,23-25,34,37-38H,7-14,16-17H2,1-2H3,(H,33,36)/b32-18-/t21-,23-,24+,25-,28-,29+,30-,31+/m1/s1. The number of fused-ring (bicyclic) bond motifs is 5. The smallest absolute Gasteiger partial charge is 0.331 e. The van der Waals surface area contributed by atoms with E-state index in [2.05, 4.69) is 17.5 Å². The van der Waals surface area contributed by atoms with Crippen molar-refractivity contribution in [3.8, 4) is 5.75 Å². The summed E-state index contributed by atoms with van der Waals surface area (Å²) in [6, 6.07) is 6.75. The Morgan fingerprint density at radius 3 is 2.52 bits per heavy atom. The number of carbonyl (C=O) groups excluding carboxylic acids is 2. The summed E-state index contributed by atoms with van der Waals surface area (Å²) < 4.78 is 10.4. The predicted molar refractivity (Wildman–Crippen MR) is 146 cm³/mol. The van der Waals surface area contributed by atoms with Crippen molar-refractivity contribution >= 4 is 18.1 Å². The fourth-order valence-electron chi connectivity index (χ4n) is 9.37. The van der Waals surface area contributed by atoms with Crippen LogP contribution in [0.4, 0.5) is 0 Å². The normalized spacial score (nSPS) is 42.4. The quantitative estimate of drug-likeness (QED) is 0.250. The topological polar surface area (TPSA) is 138 Å². The molecule has 4 saturated carbocycles. The van der Waals surface area contributed by atoms with E-state index in [1.165, 1.54) is 0 Å². The number of aliphatic hydroxyl groups excluding tert-OH is 1. The van der Waals surface area contributed by atoms with Gasteiger partial charge in [0.25, 0.3) is 5.91 Å². The van der Waals surface area contributed by atoms with E-state index in [0.29, 0.717) is 50.0 Å². The van der Waals surface area contributed by atoms with E-state index in [0.717, 1.165) is 24.8 Å². The van der Waals surface area contributed by atoms with Crippen molar-refractivity contribution in [1.29, 1.82) is 0 Å². The third kappa shape index (κ3) is 3.96. The van der Waals surface area contributed by atoms with E-state index in [4.69, 9.17) is 9.47 Å². The molecule has 1 aliphatic heterocycles. The lowest BCUT2D eigenvalue weighted by molar-refractivity contribution is -0.237. The molecular formula is C31H40N2O7. The van der Waals surface area contributed by atoms with Crippen LogP contribution in [0.1, 0.15) is 75.1 Å². The number of nitrogens with one attached hydrogen (secondary N) is 1. The van der Waals surface area contributed by atoms with Gasteiger partial charge in [-0.05, 0) is 99.0 Å². The number of carbonyl (C=O) groups is 2. The molecule has 9 nitrogen and oxygen atoms in total. The Bertz CT molecular complexity index is 1250. The molecule has 4 aliphatic carbocycles. The van der Waals surface area contributed by atoms with Gasteiger partial charge >= 0.3 is 5.97 Å². The van der Waals surface area contributed by atoms with Crippen molar-refractivity contribution in [1.82, 2.24) is 5.43 Å². The summed E-state index contributed by atoms with van der Waals surface area (Å²) in [5.41, 5.74) is 0.729. The molecule has 5 aliphatic rings. The van der Waals surface area contributed by atoms with Crippen molar-refractivity contribution < 1.29 is 34.4 Å². The zero-order valence-electron chi connectivity index (χ0n) is 23.3. The number of aliphatic hydroxyl groups is 3. The summed E-state index contributed by atoms with van der Waals surface area (Å²) in [7, 11) is 1.57. The van der Waals surface area contributed by atoms with E-state index >= 15 is 0 Å². The van der Waals surface area contributed by atoms with Gasteiger partial charge in [0, 0.05) is 35.1 Å². The van der Waals surface area contributed by atoms with Crippen molar-refractivity contribution in [2.75, 3.05) is 13.7 Å². The summed E-state index contributed by atoms with van der Waals surface area (Å²) in [6.07, 6.45) is 8.06. The number of benzene rings is 1. The average Bonchev–Trinajstić information content (AvgIpc) is 3.48. The fourth-order valence-corrected chi connectivity index (χ4v) is 9.37. The lowest BCUT2D eigenvalue weighted by Gasteiger charge is -2.65. The van der Waals surface area contributed by atoms with E-state index in [-0.39, 0.29) is 36.1 Å². The first-order chi connectivity index (χ1) is 19.1. The van der Waals surface area contributed by atoms with Gasteiger partial charge in [-0.15, -0.1) is 0 Å². The third-order valence-electron chi connectivity index (χ3n) is 11.5. The second kappa shape index (κ2) is 9.67. The van der Waals surface area contributed by atoms with Crippen LogP contribution in [-0.2, 0) is 9.53 Å². The van der Waals surface area contributed by atoms with E-state index in [1.807, 2.05) is 0 Å². The van der Waals surface area contributed by atoms with Crippen molar-refractivity contribution in [3.05, 3.63) is 41.5 Å². The molecule has 4 fully saturated rings. The van der Waals surface area contributed by atoms with Gasteiger partial charge in [0.05, 0.1) is 24.4 Å². The summed E-state index contributed by atoms with van der Waals surface area (Å²) in [6.45, 7) is 2.46. The van der Waals surface area contributed by atoms with Gasteiger partial charge in [0.15, 0.2) is 0 Å². The first-order valence-corrected chi connectivity index (χ1v) is 14.5. The molecule has 0 spiro atoms. The highest BCUT2D eigenvalue weighted by atomic mass is 16.5. The maximum Gasteiger partial charge on any atom is 0.331 e. The molecule has 9 heteroatoms. The maximum atomic E-state index is 12.8. The van der Waals surface area contributed by atoms with Gasteiger partial charge in [-0.3, -0.25) is 4.79 Å². The maximum absolute atomic E-state index is 12.8. The molecule has 0 bridgehead atoms. The highest BCUT2D eigenvalue weighted by Gasteiger charge is 2.71. The molecule has 0 saturated heterocycles. The molecule has 1 aromatic rings. The molecule has 1 aromatic carbocycles. The van der Waals surface area contributed by atoms with E-state index < -0.39 is 28.1 Å². The minimum Gasteiger partial charge on any atom is -0.497 e. The number of hydrogen-bond acceptors (Lipinski definition) is 8. The largest absolute Gasteiger partial charge is 0.497 e. The molecule has 4 N–H and O–H groups in total. The van der Waals surface area contributed by atoms with Gasteiger partial charge < -0.3 is 24.8 Å². The first-order valence-electron chi connectivity index (χ1n) is 14.5. The second-order valence-corrected chi connectivity index (χ2v) is 12.9. The number of hydrazone groups is 1. The molecule has 0 aromatic heterocycles. The number of esters is 1. The number of hydrogen-bond donors (Lipinski definition) is 4. The zero-order chi connectivity index (χ0) is 28.3. The number of rotatable bonds is 5. The number of cyclic esters (lactones) is 1. The van der Waals surface area contributed by atoms with Crippen LogP contribution < -0.4 is 10.2 Å². The van der Waals surface area contributed by atoms with Crippen LogP contribution in [0.2, 0.25) is 0 Å². The minimum atomic E-state index is -1.18. The average molecular weight is 553 g/mol. The highest BCUT2D eigenvalue weighted by molar-refractivity contribution is 5.94. The van der Waals surface area contributed by atoms with Crippen LogP contribution in [-0.4, -0.2) is 64.4 Å². The fraction of sp³-hybridized carbons (Fsp3) is 0.645. The van der Waals surface area contributed by atoms with Crippen molar-refractivity contribution in [2.45, 2.75) is 82.0 Å². The molecule has 0 unspecified atom stereocenters. The van der Waals surface area contributed by atoms with Crippen molar-refractivity contribution in [2.24, 2.45) is 33.7 Å². The van der Waals surface area contributed by atoms with Crippen LogP contribution in [0.5, 0.6) is 5.75 Å². The molecule has 216 valence electrons. The second-order valence-electron chi connectivity index (χ2n) is 12.9. The summed E-state index contributed by atoms with van der Waals surface area (Å²) in [4.78, 5) is 24.7. The molecule has 6 rings (SSSR count). The summed E-state index contributed by atoms with van der Waals surface area (Å²) in [5, 5.41) is 39.6. The SMILES string of the molecule is COc1ccc(C(=O)N/N=C\[C@]23CC[C@@H](O)C[C@]2(O)CC[C@@H]2[C@@H]3CC[C@]3(C)[C@@H](C4=CC(=O)OC4)CC[C@]23O)cc1. The van der Waals surface area contributed by atoms with Crippen molar-refractivity contribution in [3.63, 3.8) is 0 Å². The summed E-state index contributed by atoms with van der Waals surface area (Å²) >= 11 is 0. The van der Waals surface area contributed by atoms with Gasteiger partial charge in [-0.1, -0.05) is 6.92 Å². The van der Waals surface area contributed by atoms with Crippen LogP contribution in [0.25, 0.3) is 0 Å². The van der Waals surface area contributed by atoms with Crippen LogP contribution in [0, 0.1) is 28.6 Å². The highest BCUT2D eigenvalue weighted by Crippen LogP contribution is 2.70. The molecule has 1 heterocycles. The van der Waals surface area contributed by atoms with E-state index in [9.17, 15) is 24.9 Å². The van der Waals surface area contributed by atoms with Crippen LogP contribution in [0.3, 0.4) is 0 Å². The Morgan fingerprint density at radius 1 is 1.07 bits per heavy atom. The predicted octanol–water partition coefficient (Wildman–Crippen LogP) is 3.12. The number of amides is 1. The van der Waals surface area contributed by atoms with Gasteiger partial charge in [0.2, 0.25) is 0 Å². The van der Waals surface area contributed by atoms with Gasteiger partial charge in [-0.2, -0.15) is 5.10 Å². The Balaban J connectivity index is 1.30. The zero-order valence-corrected chi connectivity index (χ0v) is 23.3. The number of methoxy groups -OCH3 is 1. The van der Waals surface area contributed by atoms with Crippen LogP contribution >= 0.6 is 0 Å². The number of ether oxygens (including phenoxy) is 2.